The van der Waals surface area contributed by atoms with Gasteiger partial charge in [0.2, 0.25) is 0 Å². The van der Waals surface area contributed by atoms with Crippen molar-refractivity contribution < 1.29 is 23.9 Å². The van der Waals surface area contributed by atoms with Crippen LogP contribution >= 0.6 is 11.6 Å². The van der Waals surface area contributed by atoms with Crippen LogP contribution in [-0.2, 0) is 9.53 Å². The molecule has 3 aromatic carbocycles. The third kappa shape index (κ3) is 6.63. The summed E-state index contributed by atoms with van der Waals surface area (Å²) >= 11 is 6.00. The number of benzene rings is 3. The predicted molar refractivity (Wildman–Crippen MR) is 147 cm³/mol. The number of hydrogen-bond donors (Lipinski definition) is 1. The van der Waals surface area contributed by atoms with Gasteiger partial charge in [-0.15, -0.1) is 0 Å². The lowest BCUT2D eigenvalue weighted by Crippen LogP contribution is -2.49. The van der Waals surface area contributed by atoms with Crippen LogP contribution < -0.4 is 15.0 Å². The smallest absolute Gasteiger partial charge is 0.338 e. The van der Waals surface area contributed by atoms with E-state index in [1.165, 1.54) is 0 Å². The molecule has 0 aromatic heterocycles. The first-order chi connectivity index (χ1) is 18.4. The minimum Gasteiger partial charge on any atom is -0.483 e. The Hall–Kier alpha value is -4.04. The summed E-state index contributed by atoms with van der Waals surface area (Å²) < 4.78 is 10.8. The number of carbonyl (C=O) groups is 3. The van der Waals surface area contributed by atoms with E-state index >= 15 is 0 Å². The molecule has 0 spiro atoms. The highest BCUT2D eigenvalue weighted by Crippen LogP contribution is 2.29. The number of hydrogen-bond acceptors (Lipinski definition) is 6. The van der Waals surface area contributed by atoms with Gasteiger partial charge in [-0.2, -0.15) is 0 Å². The maximum atomic E-state index is 12.9. The van der Waals surface area contributed by atoms with Gasteiger partial charge < -0.3 is 24.6 Å². The molecule has 0 atom stereocenters. The number of anilines is 2. The number of amides is 2. The molecule has 1 N–H and O–H groups in total. The van der Waals surface area contributed by atoms with Gasteiger partial charge >= 0.3 is 5.97 Å². The zero-order chi connectivity index (χ0) is 27.1. The van der Waals surface area contributed by atoms with E-state index in [1.807, 2.05) is 42.2 Å². The van der Waals surface area contributed by atoms with Gasteiger partial charge in [0.05, 0.1) is 23.5 Å². The molecule has 0 aliphatic carbocycles. The third-order valence-electron chi connectivity index (χ3n) is 6.21. The van der Waals surface area contributed by atoms with Crippen molar-refractivity contribution >= 4 is 40.8 Å². The van der Waals surface area contributed by atoms with Gasteiger partial charge in [0.1, 0.15) is 5.75 Å². The molecule has 9 heteroatoms. The van der Waals surface area contributed by atoms with E-state index in [0.717, 1.165) is 11.3 Å². The Morgan fingerprint density at radius 1 is 0.921 bits per heavy atom. The Bertz CT molecular complexity index is 1310. The molecule has 8 nitrogen and oxygen atoms in total. The second kappa shape index (κ2) is 12.5. The fourth-order valence-corrected chi connectivity index (χ4v) is 4.50. The van der Waals surface area contributed by atoms with Crippen molar-refractivity contribution in [2.24, 2.45) is 0 Å². The summed E-state index contributed by atoms with van der Waals surface area (Å²) in [6, 6.07) is 19.5. The zero-order valence-electron chi connectivity index (χ0n) is 21.4. The van der Waals surface area contributed by atoms with E-state index in [9.17, 15) is 14.4 Å². The van der Waals surface area contributed by atoms with Gasteiger partial charge in [-0.1, -0.05) is 29.8 Å². The summed E-state index contributed by atoms with van der Waals surface area (Å²) in [6.07, 6.45) is 0. The fraction of sp³-hybridized carbons (Fsp3) is 0.276. The second-order valence-corrected chi connectivity index (χ2v) is 9.28. The molecular weight excluding hydrogens is 506 g/mol. The molecule has 1 saturated heterocycles. The molecule has 0 bridgehead atoms. The second-order valence-electron chi connectivity index (χ2n) is 8.84. The van der Waals surface area contributed by atoms with Crippen LogP contribution in [-0.4, -0.2) is 62.1 Å². The summed E-state index contributed by atoms with van der Waals surface area (Å²) in [7, 11) is 0. The summed E-state index contributed by atoms with van der Waals surface area (Å²) in [5.41, 5.74) is 3.03. The summed E-state index contributed by atoms with van der Waals surface area (Å²) in [4.78, 5) is 42.0. The lowest BCUT2D eigenvalue weighted by Gasteiger charge is -2.37. The van der Waals surface area contributed by atoms with Gasteiger partial charge in [0.25, 0.3) is 11.8 Å². The number of aryl methyl sites for hydroxylation is 1. The van der Waals surface area contributed by atoms with Crippen molar-refractivity contribution in [2.45, 2.75) is 13.8 Å². The standard InChI is InChI=1S/C29H30ClN3O5/c1-3-37-29(36)22-9-11-25(32-13-15-33(16-14-32)28(35)21-7-5-4-6-8-21)24(18-22)31-27(34)19-38-26-12-10-23(30)17-20(26)2/h4-12,17-18H,3,13-16,19H2,1-2H3,(H,31,34). The Morgan fingerprint density at radius 2 is 1.66 bits per heavy atom. The molecular formula is C29H30ClN3O5. The highest BCUT2D eigenvalue weighted by atomic mass is 35.5. The number of nitrogens with zero attached hydrogens (tertiary/aromatic N) is 2. The number of piperazine rings is 1. The molecule has 1 fully saturated rings. The van der Waals surface area contributed by atoms with Crippen molar-refractivity contribution in [3.05, 3.63) is 88.4 Å². The van der Waals surface area contributed by atoms with E-state index in [4.69, 9.17) is 21.1 Å². The number of halogens is 1. The predicted octanol–water partition coefficient (Wildman–Crippen LogP) is 4.81. The number of carbonyl (C=O) groups excluding carboxylic acids is 3. The molecule has 1 heterocycles. The van der Waals surface area contributed by atoms with E-state index < -0.39 is 5.97 Å². The van der Waals surface area contributed by atoms with Crippen LogP contribution in [0.3, 0.4) is 0 Å². The van der Waals surface area contributed by atoms with Gasteiger partial charge in [0, 0.05) is 36.8 Å². The topological polar surface area (TPSA) is 88.2 Å². The summed E-state index contributed by atoms with van der Waals surface area (Å²) in [6.45, 7) is 5.81. The quantitative estimate of drug-likeness (QED) is 0.417. The van der Waals surface area contributed by atoms with Crippen LogP contribution in [0, 0.1) is 6.92 Å². The first-order valence-electron chi connectivity index (χ1n) is 12.4. The van der Waals surface area contributed by atoms with Gasteiger partial charge in [-0.25, -0.2) is 4.79 Å². The molecule has 1 aliphatic heterocycles. The van der Waals surface area contributed by atoms with Crippen molar-refractivity contribution in [1.29, 1.82) is 0 Å². The average Bonchev–Trinajstić information content (AvgIpc) is 2.93. The third-order valence-corrected chi connectivity index (χ3v) is 6.44. The highest BCUT2D eigenvalue weighted by molar-refractivity contribution is 6.30. The summed E-state index contributed by atoms with van der Waals surface area (Å²) in [5.74, 6) is -0.296. The lowest BCUT2D eigenvalue weighted by molar-refractivity contribution is -0.118. The Morgan fingerprint density at radius 3 is 2.34 bits per heavy atom. The minimum atomic E-state index is -0.471. The highest BCUT2D eigenvalue weighted by Gasteiger charge is 2.24. The zero-order valence-corrected chi connectivity index (χ0v) is 22.2. The monoisotopic (exact) mass is 535 g/mol. The number of esters is 1. The van der Waals surface area contributed by atoms with Crippen molar-refractivity contribution in [3.63, 3.8) is 0 Å². The van der Waals surface area contributed by atoms with E-state index in [2.05, 4.69) is 10.2 Å². The summed E-state index contributed by atoms with van der Waals surface area (Å²) in [5, 5.41) is 3.47. The van der Waals surface area contributed by atoms with Gasteiger partial charge in [-0.3, -0.25) is 9.59 Å². The lowest BCUT2D eigenvalue weighted by atomic mass is 10.1. The van der Waals surface area contributed by atoms with Crippen molar-refractivity contribution in [2.75, 3.05) is 49.6 Å². The van der Waals surface area contributed by atoms with Crippen LogP contribution in [0.2, 0.25) is 5.02 Å². The van der Waals surface area contributed by atoms with Crippen LogP contribution in [0.4, 0.5) is 11.4 Å². The first-order valence-corrected chi connectivity index (χ1v) is 12.8. The number of ether oxygens (including phenoxy) is 2. The van der Waals surface area contributed by atoms with E-state index in [-0.39, 0.29) is 25.0 Å². The average molecular weight is 536 g/mol. The number of nitrogens with one attached hydrogen (secondary N) is 1. The largest absolute Gasteiger partial charge is 0.483 e. The molecule has 3 aromatic rings. The molecule has 0 unspecified atom stereocenters. The van der Waals surface area contributed by atoms with E-state index in [1.54, 1.807) is 43.3 Å². The molecule has 0 saturated carbocycles. The van der Waals surface area contributed by atoms with Crippen molar-refractivity contribution in [1.82, 2.24) is 4.90 Å². The Balaban J connectivity index is 1.47. The first kappa shape index (κ1) is 27.0. The minimum absolute atomic E-state index is 0.00826. The molecule has 2 amide bonds. The van der Waals surface area contributed by atoms with Gasteiger partial charge in [-0.05, 0) is 67.9 Å². The Kier molecular flexibility index (Phi) is 8.86. The molecule has 4 rings (SSSR count). The molecule has 0 radical (unpaired) electrons. The van der Waals surface area contributed by atoms with Crippen molar-refractivity contribution in [3.8, 4) is 5.75 Å². The maximum Gasteiger partial charge on any atom is 0.338 e. The SMILES string of the molecule is CCOC(=O)c1ccc(N2CCN(C(=O)c3ccccc3)CC2)c(NC(=O)COc2ccc(Cl)cc2C)c1. The number of rotatable bonds is 8. The normalized spacial score (nSPS) is 13.1. The fourth-order valence-electron chi connectivity index (χ4n) is 4.27. The van der Waals surface area contributed by atoms with E-state index in [0.29, 0.717) is 53.8 Å². The molecule has 1 aliphatic rings. The van der Waals surface area contributed by atoms with Crippen LogP contribution in [0.15, 0.2) is 66.7 Å². The van der Waals surface area contributed by atoms with Crippen LogP contribution in [0.1, 0.15) is 33.2 Å². The van der Waals surface area contributed by atoms with Crippen LogP contribution in [0.5, 0.6) is 5.75 Å². The Labute approximate surface area is 227 Å². The maximum absolute atomic E-state index is 12.9. The molecule has 38 heavy (non-hydrogen) atoms. The molecule has 198 valence electrons. The van der Waals surface area contributed by atoms with Gasteiger partial charge in [0.15, 0.2) is 6.61 Å². The van der Waals surface area contributed by atoms with Crippen LogP contribution in [0.25, 0.3) is 0 Å².